The van der Waals surface area contributed by atoms with E-state index in [9.17, 15) is 0 Å². The van der Waals surface area contributed by atoms with Crippen molar-refractivity contribution in [3.8, 4) is 5.75 Å². The van der Waals surface area contributed by atoms with E-state index in [2.05, 4.69) is 6.07 Å². The summed E-state index contributed by atoms with van der Waals surface area (Å²) in [4.78, 5) is 0. The fraction of sp³-hybridized carbons (Fsp3) is 0.538. The lowest BCUT2D eigenvalue weighted by Crippen LogP contribution is -2.19. The summed E-state index contributed by atoms with van der Waals surface area (Å²) in [7, 11) is 0. The van der Waals surface area contributed by atoms with Crippen LogP contribution in [-0.4, -0.2) is 24.4 Å². The molecule has 0 aliphatic heterocycles. The molecule has 1 atom stereocenters. The van der Waals surface area contributed by atoms with Gasteiger partial charge in [0.15, 0.2) is 0 Å². The average molecular weight is 221 g/mol. The predicted molar refractivity (Wildman–Crippen MR) is 63.6 cm³/mol. The molecule has 1 aliphatic carbocycles. The topological polar surface area (TPSA) is 55.5 Å². The van der Waals surface area contributed by atoms with Crippen LogP contribution < -0.4 is 10.5 Å². The molecule has 3 heteroatoms. The van der Waals surface area contributed by atoms with E-state index in [0.717, 1.165) is 31.4 Å². The van der Waals surface area contributed by atoms with Crippen LogP contribution in [0.25, 0.3) is 0 Å². The number of nitrogens with two attached hydrogens (primary N) is 1. The Morgan fingerprint density at radius 3 is 3.00 bits per heavy atom. The number of rotatable bonds is 5. The van der Waals surface area contributed by atoms with Gasteiger partial charge in [-0.05, 0) is 42.9 Å². The van der Waals surface area contributed by atoms with Crippen molar-refractivity contribution in [3.63, 3.8) is 0 Å². The van der Waals surface area contributed by atoms with Crippen LogP contribution in [0.4, 0.5) is 0 Å². The molecule has 2 rings (SSSR count). The van der Waals surface area contributed by atoms with Gasteiger partial charge < -0.3 is 15.6 Å². The smallest absolute Gasteiger partial charge is 0.122 e. The molecule has 88 valence electrons. The maximum atomic E-state index is 8.68. The van der Waals surface area contributed by atoms with Gasteiger partial charge in [-0.2, -0.15) is 0 Å². The zero-order valence-electron chi connectivity index (χ0n) is 9.48. The molecule has 1 aliphatic rings. The van der Waals surface area contributed by atoms with Gasteiger partial charge in [0, 0.05) is 12.6 Å². The molecule has 3 N–H and O–H groups in total. The second-order valence-corrected chi connectivity index (χ2v) is 4.34. The lowest BCUT2D eigenvalue weighted by molar-refractivity contribution is 0.252. The van der Waals surface area contributed by atoms with Gasteiger partial charge in [0.2, 0.25) is 0 Å². The van der Waals surface area contributed by atoms with Crippen molar-refractivity contribution in [1.82, 2.24) is 0 Å². The van der Waals surface area contributed by atoms with E-state index < -0.39 is 0 Å². The summed E-state index contributed by atoms with van der Waals surface area (Å²) in [6.45, 7) is 0.910. The summed E-state index contributed by atoms with van der Waals surface area (Å²) in [6.07, 6.45) is 3.58. The van der Waals surface area contributed by atoms with E-state index in [1.165, 1.54) is 11.1 Å². The summed E-state index contributed by atoms with van der Waals surface area (Å²) in [5.41, 5.74) is 8.54. The molecule has 0 fully saturated rings. The number of ether oxygens (including phenoxy) is 1. The van der Waals surface area contributed by atoms with Crippen molar-refractivity contribution in [3.05, 3.63) is 29.3 Å². The molecule has 0 amide bonds. The van der Waals surface area contributed by atoms with Crippen molar-refractivity contribution in [2.75, 3.05) is 13.2 Å². The molecule has 1 aromatic carbocycles. The van der Waals surface area contributed by atoms with E-state index in [1.807, 2.05) is 12.1 Å². The molecule has 0 radical (unpaired) electrons. The fourth-order valence-electron chi connectivity index (χ4n) is 2.18. The van der Waals surface area contributed by atoms with Crippen molar-refractivity contribution in [2.45, 2.75) is 31.7 Å². The second kappa shape index (κ2) is 5.32. The molecule has 1 aromatic rings. The lowest BCUT2D eigenvalue weighted by Gasteiger charge is -2.10. The molecule has 0 saturated heterocycles. The van der Waals surface area contributed by atoms with Crippen LogP contribution in [0.1, 0.15) is 24.0 Å². The molecule has 0 heterocycles. The third-order valence-corrected chi connectivity index (χ3v) is 2.99. The number of hydrogen-bond donors (Lipinski definition) is 2. The van der Waals surface area contributed by atoms with Gasteiger partial charge in [-0.25, -0.2) is 0 Å². The Hall–Kier alpha value is -1.06. The molecular weight excluding hydrogens is 202 g/mol. The van der Waals surface area contributed by atoms with E-state index >= 15 is 0 Å². The normalized spacial score (nSPS) is 18.5. The Bertz CT molecular complexity index is 352. The maximum absolute atomic E-state index is 8.68. The molecule has 0 spiro atoms. The van der Waals surface area contributed by atoms with Crippen LogP contribution in [-0.2, 0) is 12.8 Å². The Morgan fingerprint density at radius 1 is 1.31 bits per heavy atom. The first kappa shape index (κ1) is 11.4. The summed E-state index contributed by atoms with van der Waals surface area (Å²) < 4.78 is 5.73. The molecule has 0 bridgehead atoms. The Labute approximate surface area is 96.2 Å². The van der Waals surface area contributed by atoms with Gasteiger partial charge in [0.25, 0.3) is 0 Å². The van der Waals surface area contributed by atoms with Gasteiger partial charge in [-0.1, -0.05) is 12.1 Å². The molecule has 1 unspecified atom stereocenters. The van der Waals surface area contributed by atoms with Crippen LogP contribution in [0, 0.1) is 0 Å². The van der Waals surface area contributed by atoms with Crippen molar-refractivity contribution in [2.24, 2.45) is 5.73 Å². The van der Waals surface area contributed by atoms with Crippen LogP contribution in [0.15, 0.2) is 18.2 Å². The first-order chi connectivity index (χ1) is 7.81. The molecule has 0 aromatic heterocycles. The number of aliphatic hydroxyl groups excluding tert-OH is 1. The predicted octanol–water partition coefficient (Wildman–Crippen LogP) is 1.26. The monoisotopic (exact) mass is 221 g/mol. The molecule has 3 nitrogen and oxygen atoms in total. The maximum Gasteiger partial charge on any atom is 0.122 e. The summed E-state index contributed by atoms with van der Waals surface area (Å²) in [5, 5.41) is 8.68. The van der Waals surface area contributed by atoms with Gasteiger partial charge in [-0.15, -0.1) is 0 Å². The fourth-order valence-corrected chi connectivity index (χ4v) is 2.18. The molecule has 0 saturated carbocycles. The zero-order chi connectivity index (χ0) is 11.4. The van der Waals surface area contributed by atoms with Crippen molar-refractivity contribution in [1.29, 1.82) is 0 Å². The summed E-state index contributed by atoms with van der Waals surface area (Å²) in [6, 6.07) is 6.41. The largest absolute Gasteiger partial charge is 0.493 e. The third kappa shape index (κ3) is 2.54. The van der Waals surface area contributed by atoms with Crippen LogP contribution in [0.5, 0.6) is 5.75 Å². The highest BCUT2D eigenvalue weighted by atomic mass is 16.5. The van der Waals surface area contributed by atoms with Crippen molar-refractivity contribution >= 4 is 0 Å². The molecule has 16 heavy (non-hydrogen) atoms. The third-order valence-electron chi connectivity index (χ3n) is 2.99. The number of benzene rings is 1. The molecular formula is C13H19NO2. The number of hydrogen-bond acceptors (Lipinski definition) is 3. The first-order valence-electron chi connectivity index (χ1n) is 5.91. The minimum atomic E-state index is 0.237. The number of unbranched alkanes of at least 4 members (excludes halogenated alkanes) is 1. The number of aliphatic hydroxyl groups is 1. The minimum Gasteiger partial charge on any atom is -0.493 e. The highest BCUT2D eigenvalue weighted by Gasteiger charge is 2.21. The summed E-state index contributed by atoms with van der Waals surface area (Å²) in [5.74, 6) is 0.975. The van der Waals surface area contributed by atoms with Gasteiger partial charge >= 0.3 is 0 Å². The highest BCUT2D eigenvalue weighted by Crippen LogP contribution is 2.30. The van der Waals surface area contributed by atoms with Gasteiger partial charge in [0.05, 0.1) is 6.61 Å². The minimum absolute atomic E-state index is 0.237. The number of fused-ring (bicyclic) bond motifs is 1. The van der Waals surface area contributed by atoms with Gasteiger partial charge in [-0.3, -0.25) is 0 Å². The van der Waals surface area contributed by atoms with Crippen LogP contribution in [0.2, 0.25) is 0 Å². The highest BCUT2D eigenvalue weighted by molar-refractivity contribution is 5.44. The first-order valence-corrected chi connectivity index (χ1v) is 5.91. The van der Waals surface area contributed by atoms with Crippen molar-refractivity contribution < 1.29 is 9.84 Å². The Morgan fingerprint density at radius 2 is 2.19 bits per heavy atom. The van der Waals surface area contributed by atoms with E-state index in [-0.39, 0.29) is 12.6 Å². The quantitative estimate of drug-likeness (QED) is 0.736. The summed E-state index contributed by atoms with van der Waals surface area (Å²) >= 11 is 0. The van der Waals surface area contributed by atoms with E-state index in [0.29, 0.717) is 6.61 Å². The Kier molecular flexibility index (Phi) is 3.80. The van der Waals surface area contributed by atoms with E-state index in [1.54, 1.807) is 0 Å². The van der Waals surface area contributed by atoms with Crippen LogP contribution >= 0.6 is 0 Å². The van der Waals surface area contributed by atoms with Crippen LogP contribution in [0.3, 0.4) is 0 Å². The Balaban J connectivity index is 1.97. The zero-order valence-corrected chi connectivity index (χ0v) is 9.48. The standard InChI is InChI=1S/C13H19NO2/c14-11-8-10-4-3-5-13(12(10)9-11)16-7-2-1-6-15/h3-5,11,15H,1-2,6-9,14H2. The van der Waals surface area contributed by atoms with E-state index in [4.69, 9.17) is 15.6 Å². The second-order valence-electron chi connectivity index (χ2n) is 4.34. The van der Waals surface area contributed by atoms with Gasteiger partial charge in [0.1, 0.15) is 5.75 Å². The lowest BCUT2D eigenvalue weighted by atomic mass is 10.1. The average Bonchev–Trinajstić information content (AvgIpc) is 2.65. The SMILES string of the molecule is NC1Cc2cccc(OCCCCO)c2C1.